The molecule has 154 valence electrons. The number of alkyl halides is 9. The first-order valence-corrected chi connectivity index (χ1v) is 7.92. The van der Waals surface area contributed by atoms with Crippen LogP contribution in [0.25, 0.3) is 0 Å². The molecule has 0 aliphatic rings. The smallest absolute Gasteiger partial charge is 0.460 e. The molecule has 0 atom stereocenters. The van der Waals surface area contributed by atoms with Gasteiger partial charge in [-0.25, -0.2) is 4.79 Å². The third-order valence-corrected chi connectivity index (χ3v) is 4.90. The van der Waals surface area contributed by atoms with Crippen molar-refractivity contribution >= 4 is 16.0 Å². The predicted molar refractivity (Wildman–Crippen MR) is 68.2 cm³/mol. The van der Waals surface area contributed by atoms with Gasteiger partial charge < -0.3 is 5.11 Å². The number of sulfonamides is 1. The lowest BCUT2D eigenvalue weighted by molar-refractivity contribution is -0.382. The summed E-state index contributed by atoms with van der Waals surface area (Å²) in [4.78, 5) is 10.8. The predicted octanol–water partition coefficient (Wildman–Crippen LogP) is 3.44. The van der Waals surface area contributed by atoms with Gasteiger partial charge in [-0.1, -0.05) is 6.92 Å². The summed E-state index contributed by atoms with van der Waals surface area (Å²) < 4.78 is 138. The molecular weight excluding hydrogens is 413 g/mol. The van der Waals surface area contributed by atoms with Crippen molar-refractivity contribution in [3.05, 3.63) is 11.8 Å². The Morgan fingerprint density at radius 3 is 1.65 bits per heavy atom. The average molecular weight is 425 g/mol. The van der Waals surface area contributed by atoms with Crippen LogP contribution in [0.3, 0.4) is 0 Å². The van der Waals surface area contributed by atoms with Crippen molar-refractivity contribution in [1.82, 2.24) is 4.31 Å². The molecule has 0 radical (unpaired) electrons. The Morgan fingerprint density at radius 2 is 1.38 bits per heavy atom. The molecule has 5 nitrogen and oxygen atoms in total. The molecular formula is C11H12F9NO4S. The maximum absolute atomic E-state index is 13.7. The highest BCUT2D eigenvalue weighted by atomic mass is 32.2. The number of halogens is 9. The minimum absolute atomic E-state index is 0.0621. The van der Waals surface area contributed by atoms with Crippen LogP contribution in [0.4, 0.5) is 39.5 Å². The molecule has 0 bridgehead atoms. The summed E-state index contributed by atoms with van der Waals surface area (Å²) in [5, 5.41) is 1.77. The molecule has 0 aliphatic carbocycles. The minimum atomic E-state index is -7.39. The van der Waals surface area contributed by atoms with Gasteiger partial charge in [0.1, 0.15) is 0 Å². The van der Waals surface area contributed by atoms with Gasteiger partial charge in [0.15, 0.2) is 0 Å². The van der Waals surface area contributed by atoms with Crippen molar-refractivity contribution in [3.63, 3.8) is 0 Å². The molecule has 0 aromatic rings. The molecule has 1 N–H and O–H groups in total. The lowest BCUT2D eigenvalue weighted by Gasteiger charge is -2.35. The highest BCUT2D eigenvalue weighted by Gasteiger charge is 2.85. The Morgan fingerprint density at radius 1 is 0.962 bits per heavy atom. The van der Waals surface area contributed by atoms with Crippen LogP contribution in [0.2, 0.25) is 0 Å². The van der Waals surface area contributed by atoms with Crippen LogP contribution in [0, 0.1) is 0 Å². The Balaban J connectivity index is 6.45. The summed E-state index contributed by atoms with van der Waals surface area (Å²) in [5.74, 6) is -16.6. The van der Waals surface area contributed by atoms with E-state index in [9.17, 15) is 52.7 Å². The lowest BCUT2D eigenvalue weighted by atomic mass is 10.1. The lowest BCUT2D eigenvalue weighted by Crippen LogP contribution is -2.64. The average Bonchev–Trinajstić information content (AvgIpc) is 2.45. The quantitative estimate of drug-likeness (QED) is 0.478. The Bertz CT molecular complexity index is 670. The number of nitrogens with zero attached hydrogens (tertiary/aromatic N) is 1. The fraction of sp³-hybridized carbons (Fsp3) is 0.727. The summed E-state index contributed by atoms with van der Waals surface area (Å²) in [6.07, 6.45) is -7.74. The summed E-state index contributed by atoms with van der Waals surface area (Å²) in [5.41, 5.74) is -0.905. The van der Waals surface area contributed by atoms with E-state index in [0.29, 0.717) is 0 Å². The van der Waals surface area contributed by atoms with Crippen molar-refractivity contribution in [2.45, 2.75) is 43.5 Å². The van der Waals surface area contributed by atoms with Crippen molar-refractivity contribution in [1.29, 1.82) is 0 Å². The van der Waals surface area contributed by atoms with Gasteiger partial charge in [0, 0.05) is 12.7 Å². The third-order valence-electron chi connectivity index (χ3n) is 3.02. The highest BCUT2D eigenvalue weighted by Crippen LogP contribution is 2.55. The fourth-order valence-electron chi connectivity index (χ4n) is 1.47. The molecule has 0 rings (SSSR count). The Hall–Kier alpha value is -1.67. The molecule has 0 unspecified atom stereocenters. The van der Waals surface area contributed by atoms with Crippen molar-refractivity contribution in [3.8, 4) is 0 Å². The number of carboxylic acids is 1. The van der Waals surface area contributed by atoms with Crippen molar-refractivity contribution in [2.24, 2.45) is 0 Å². The molecule has 0 fully saturated rings. The molecule has 0 spiro atoms. The number of hydrogen-bond donors (Lipinski definition) is 1. The van der Waals surface area contributed by atoms with Gasteiger partial charge in [-0.2, -0.15) is 47.9 Å². The van der Waals surface area contributed by atoms with Crippen molar-refractivity contribution in [2.75, 3.05) is 6.54 Å². The number of rotatable bonds is 8. The van der Waals surface area contributed by atoms with E-state index in [-0.39, 0.29) is 6.20 Å². The van der Waals surface area contributed by atoms with E-state index in [1.807, 2.05) is 0 Å². The van der Waals surface area contributed by atoms with E-state index in [2.05, 4.69) is 0 Å². The summed E-state index contributed by atoms with van der Waals surface area (Å²) in [7, 11) is -6.86. The maximum Gasteiger partial charge on any atom is 0.460 e. The zero-order valence-electron chi connectivity index (χ0n) is 12.9. The zero-order chi connectivity index (χ0) is 21.4. The molecule has 0 aromatic carbocycles. The first kappa shape index (κ1) is 24.3. The molecule has 0 saturated heterocycles. The van der Waals surface area contributed by atoms with E-state index >= 15 is 0 Å². The summed E-state index contributed by atoms with van der Waals surface area (Å²) in [6, 6.07) is 0. The SMILES string of the molecule is CCC(=CN(CC)S(=O)(=O)C(F)(F)C(F)(F)C(F)(F)C(F)(F)F)C(=O)O. The molecule has 26 heavy (non-hydrogen) atoms. The van der Waals surface area contributed by atoms with Gasteiger partial charge in [0.2, 0.25) is 0 Å². The third kappa shape index (κ3) is 3.71. The van der Waals surface area contributed by atoms with Crippen LogP contribution in [0.15, 0.2) is 11.8 Å². The van der Waals surface area contributed by atoms with Gasteiger partial charge in [0.25, 0.3) is 0 Å². The van der Waals surface area contributed by atoms with Crippen LogP contribution >= 0.6 is 0 Å². The van der Waals surface area contributed by atoms with Gasteiger partial charge >= 0.3 is 39.3 Å². The zero-order valence-corrected chi connectivity index (χ0v) is 13.7. The van der Waals surface area contributed by atoms with Crippen LogP contribution in [0.1, 0.15) is 20.3 Å². The minimum Gasteiger partial charge on any atom is -0.478 e. The molecule has 15 heteroatoms. The summed E-state index contributed by atoms with van der Waals surface area (Å²) in [6.45, 7) is 0.687. The standard InChI is InChI=1S/C11H12F9NO4S/c1-3-6(7(22)23)5-21(4-2)26(24,25)11(19,20)9(14,15)8(12,13)10(16,17)18/h5H,3-4H2,1-2H3,(H,22,23). The molecule has 0 aliphatic heterocycles. The second-order valence-electron chi connectivity index (χ2n) is 4.68. The van der Waals surface area contributed by atoms with Crippen molar-refractivity contribution < 1.29 is 57.8 Å². The van der Waals surface area contributed by atoms with E-state index in [4.69, 9.17) is 5.11 Å². The number of carboxylic acid groups (broad SMARTS) is 1. The molecule has 0 heterocycles. The van der Waals surface area contributed by atoms with E-state index < -0.39 is 62.1 Å². The van der Waals surface area contributed by atoms with Gasteiger partial charge in [-0.05, 0) is 13.3 Å². The molecule has 0 amide bonds. The second kappa shape index (κ2) is 7.15. The number of aliphatic carboxylic acids is 1. The fourth-order valence-corrected chi connectivity index (χ4v) is 2.82. The summed E-state index contributed by atoms with van der Waals surface area (Å²) >= 11 is 0. The van der Waals surface area contributed by atoms with E-state index in [1.54, 1.807) is 0 Å². The van der Waals surface area contributed by atoms with E-state index in [0.717, 1.165) is 13.8 Å². The largest absolute Gasteiger partial charge is 0.478 e. The Kier molecular flexibility index (Phi) is 6.69. The van der Waals surface area contributed by atoms with Crippen LogP contribution in [-0.4, -0.2) is 53.6 Å². The second-order valence-corrected chi connectivity index (χ2v) is 6.62. The van der Waals surface area contributed by atoms with Gasteiger partial charge in [0.05, 0.1) is 5.57 Å². The topological polar surface area (TPSA) is 74.7 Å². The maximum atomic E-state index is 13.7. The number of hydrogen-bond acceptors (Lipinski definition) is 3. The highest BCUT2D eigenvalue weighted by molar-refractivity contribution is 7.90. The van der Waals surface area contributed by atoms with Crippen LogP contribution in [0.5, 0.6) is 0 Å². The first-order valence-electron chi connectivity index (χ1n) is 6.48. The monoisotopic (exact) mass is 425 g/mol. The first-order chi connectivity index (χ1) is 11.3. The van der Waals surface area contributed by atoms with Crippen LogP contribution < -0.4 is 0 Å². The van der Waals surface area contributed by atoms with E-state index in [1.165, 1.54) is 0 Å². The molecule has 0 saturated carbocycles. The number of carbonyl (C=O) groups is 1. The normalized spacial score (nSPS) is 15.1. The van der Waals surface area contributed by atoms with Crippen LogP contribution in [-0.2, 0) is 14.8 Å². The van der Waals surface area contributed by atoms with Gasteiger partial charge in [-0.3, -0.25) is 4.31 Å². The van der Waals surface area contributed by atoms with Gasteiger partial charge in [-0.15, -0.1) is 0 Å². The molecule has 0 aromatic heterocycles. The Labute approximate surface area is 141 Å².